The van der Waals surface area contributed by atoms with E-state index in [2.05, 4.69) is 17.3 Å². The highest BCUT2D eigenvalue weighted by Gasteiger charge is 2.04. The SMILES string of the molecule is C#CCC(CSc1cccc(Cl)c1)NC. The van der Waals surface area contributed by atoms with Gasteiger partial charge in [-0.05, 0) is 25.2 Å². The van der Waals surface area contributed by atoms with Crippen LogP contribution in [-0.2, 0) is 0 Å². The van der Waals surface area contributed by atoms with E-state index in [1.54, 1.807) is 11.8 Å². The Labute approximate surface area is 101 Å². The van der Waals surface area contributed by atoms with Crippen molar-refractivity contribution in [1.82, 2.24) is 5.32 Å². The Hall–Kier alpha value is -0.620. The smallest absolute Gasteiger partial charge is 0.0417 e. The molecular formula is C12H14ClNS. The van der Waals surface area contributed by atoms with Crippen molar-refractivity contribution in [3.8, 4) is 12.3 Å². The molecule has 0 saturated heterocycles. The van der Waals surface area contributed by atoms with Crippen molar-refractivity contribution in [2.75, 3.05) is 12.8 Å². The second-order valence-electron chi connectivity index (χ2n) is 3.16. The van der Waals surface area contributed by atoms with Crippen molar-refractivity contribution >= 4 is 23.4 Å². The number of benzene rings is 1. The monoisotopic (exact) mass is 239 g/mol. The molecule has 0 amide bonds. The molecule has 0 saturated carbocycles. The van der Waals surface area contributed by atoms with Crippen LogP contribution in [0, 0.1) is 12.3 Å². The van der Waals surface area contributed by atoms with Gasteiger partial charge in [-0.2, -0.15) is 0 Å². The summed E-state index contributed by atoms with van der Waals surface area (Å²) in [6.45, 7) is 0. The Bertz CT molecular complexity index is 346. The van der Waals surface area contributed by atoms with Gasteiger partial charge >= 0.3 is 0 Å². The summed E-state index contributed by atoms with van der Waals surface area (Å²) in [6.07, 6.45) is 6.03. The lowest BCUT2D eigenvalue weighted by atomic mass is 10.2. The van der Waals surface area contributed by atoms with Crippen LogP contribution in [-0.4, -0.2) is 18.8 Å². The molecule has 1 unspecified atom stereocenters. The van der Waals surface area contributed by atoms with Crippen LogP contribution in [0.5, 0.6) is 0 Å². The first kappa shape index (κ1) is 12.4. The zero-order chi connectivity index (χ0) is 11.1. The van der Waals surface area contributed by atoms with E-state index in [1.165, 1.54) is 4.90 Å². The van der Waals surface area contributed by atoms with Gasteiger partial charge in [0.15, 0.2) is 0 Å². The summed E-state index contributed by atoms with van der Waals surface area (Å²) in [7, 11) is 1.93. The van der Waals surface area contributed by atoms with Gasteiger partial charge in [0.1, 0.15) is 0 Å². The minimum absolute atomic E-state index is 0.360. The molecular weight excluding hydrogens is 226 g/mol. The standard InChI is InChI=1S/C12H14ClNS/c1-3-5-11(14-2)9-15-12-7-4-6-10(13)8-12/h1,4,6-8,11,14H,5,9H2,2H3. The summed E-state index contributed by atoms with van der Waals surface area (Å²) in [6, 6.07) is 8.22. The minimum Gasteiger partial charge on any atom is -0.315 e. The third-order valence-corrected chi connectivity index (χ3v) is 3.41. The summed E-state index contributed by atoms with van der Waals surface area (Å²) in [5.74, 6) is 3.62. The number of rotatable bonds is 5. The van der Waals surface area contributed by atoms with Crippen LogP contribution < -0.4 is 5.32 Å². The fourth-order valence-electron chi connectivity index (χ4n) is 1.14. The topological polar surface area (TPSA) is 12.0 Å². The second kappa shape index (κ2) is 6.79. The van der Waals surface area contributed by atoms with E-state index < -0.39 is 0 Å². The van der Waals surface area contributed by atoms with Crippen molar-refractivity contribution in [3.63, 3.8) is 0 Å². The maximum atomic E-state index is 5.89. The molecule has 0 spiro atoms. The predicted molar refractivity (Wildman–Crippen MR) is 68.5 cm³/mol. The summed E-state index contributed by atoms with van der Waals surface area (Å²) in [5, 5.41) is 3.97. The van der Waals surface area contributed by atoms with Crippen LogP contribution in [0.2, 0.25) is 5.02 Å². The number of nitrogens with one attached hydrogen (secondary N) is 1. The van der Waals surface area contributed by atoms with Gasteiger partial charge < -0.3 is 5.32 Å². The van der Waals surface area contributed by atoms with Gasteiger partial charge in [0.05, 0.1) is 0 Å². The van der Waals surface area contributed by atoms with E-state index in [9.17, 15) is 0 Å². The fraction of sp³-hybridized carbons (Fsp3) is 0.333. The Morgan fingerprint density at radius 1 is 1.60 bits per heavy atom. The lowest BCUT2D eigenvalue weighted by Gasteiger charge is -2.12. The first-order valence-corrected chi connectivity index (χ1v) is 6.11. The Balaban J connectivity index is 2.46. The van der Waals surface area contributed by atoms with E-state index in [4.69, 9.17) is 18.0 Å². The van der Waals surface area contributed by atoms with Crippen LogP contribution in [0.15, 0.2) is 29.2 Å². The zero-order valence-electron chi connectivity index (χ0n) is 8.66. The van der Waals surface area contributed by atoms with Gasteiger partial charge in [0.25, 0.3) is 0 Å². The van der Waals surface area contributed by atoms with Gasteiger partial charge in [-0.1, -0.05) is 17.7 Å². The highest BCUT2D eigenvalue weighted by atomic mass is 35.5. The van der Waals surface area contributed by atoms with E-state index in [0.717, 1.165) is 17.2 Å². The van der Waals surface area contributed by atoms with Gasteiger partial charge in [-0.15, -0.1) is 24.1 Å². The lowest BCUT2D eigenvalue weighted by Crippen LogP contribution is -2.26. The maximum absolute atomic E-state index is 5.89. The molecule has 1 aromatic rings. The quantitative estimate of drug-likeness (QED) is 0.626. The normalized spacial score (nSPS) is 12.1. The number of hydrogen-bond donors (Lipinski definition) is 1. The molecule has 1 aromatic carbocycles. The first-order chi connectivity index (χ1) is 7.26. The molecule has 15 heavy (non-hydrogen) atoms. The van der Waals surface area contributed by atoms with E-state index in [0.29, 0.717) is 6.04 Å². The molecule has 1 N–H and O–H groups in total. The molecule has 1 atom stereocenters. The summed E-state index contributed by atoms with van der Waals surface area (Å²) >= 11 is 7.66. The number of thioether (sulfide) groups is 1. The third-order valence-electron chi connectivity index (χ3n) is 2.02. The summed E-state index contributed by atoms with van der Waals surface area (Å²) in [4.78, 5) is 1.18. The maximum Gasteiger partial charge on any atom is 0.0417 e. The Morgan fingerprint density at radius 3 is 3.00 bits per heavy atom. The molecule has 80 valence electrons. The fourth-order valence-corrected chi connectivity index (χ4v) is 2.46. The van der Waals surface area contributed by atoms with Crippen LogP contribution in [0.3, 0.4) is 0 Å². The van der Waals surface area contributed by atoms with Crippen LogP contribution in [0.4, 0.5) is 0 Å². The average molecular weight is 240 g/mol. The molecule has 0 aliphatic carbocycles. The van der Waals surface area contributed by atoms with Gasteiger partial charge in [-0.25, -0.2) is 0 Å². The molecule has 3 heteroatoms. The number of terminal acetylenes is 1. The Kier molecular flexibility index (Phi) is 5.63. The van der Waals surface area contributed by atoms with Crippen LogP contribution in [0.25, 0.3) is 0 Å². The van der Waals surface area contributed by atoms with Crippen molar-refractivity contribution < 1.29 is 0 Å². The van der Waals surface area contributed by atoms with Crippen LogP contribution >= 0.6 is 23.4 Å². The van der Waals surface area contributed by atoms with Crippen molar-refractivity contribution in [3.05, 3.63) is 29.3 Å². The molecule has 0 fully saturated rings. The van der Waals surface area contributed by atoms with Crippen molar-refractivity contribution in [1.29, 1.82) is 0 Å². The van der Waals surface area contributed by atoms with Gasteiger partial charge in [0, 0.05) is 28.1 Å². The highest BCUT2D eigenvalue weighted by Crippen LogP contribution is 2.22. The largest absolute Gasteiger partial charge is 0.315 e. The summed E-state index contributed by atoms with van der Waals surface area (Å²) < 4.78 is 0. The predicted octanol–water partition coefficient (Wildman–Crippen LogP) is 3.04. The molecule has 0 heterocycles. The van der Waals surface area contributed by atoms with Gasteiger partial charge in [-0.3, -0.25) is 0 Å². The van der Waals surface area contributed by atoms with Crippen molar-refractivity contribution in [2.45, 2.75) is 17.4 Å². The molecule has 0 aliphatic rings. The number of hydrogen-bond acceptors (Lipinski definition) is 2. The van der Waals surface area contributed by atoms with Crippen LogP contribution in [0.1, 0.15) is 6.42 Å². The highest BCUT2D eigenvalue weighted by molar-refractivity contribution is 7.99. The Morgan fingerprint density at radius 2 is 2.40 bits per heavy atom. The molecule has 1 nitrogen and oxygen atoms in total. The first-order valence-electron chi connectivity index (χ1n) is 4.75. The molecule has 0 aliphatic heterocycles. The molecule has 0 bridgehead atoms. The third kappa shape index (κ3) is 4.61. The zero-order valence-corrected chi connectivity index (χ0v) is 10.2. The second-order valence-corrected chi connectivity index (χ2v) is 4.69. The molecule has 1 rings (SSSR count). The average Bonchev–Trinajstić information content (AvgIpc) is 2.24. The molecule has 0 aromatic heterocycles. The number of halogens is 1. The minimum atomic E-state index is 0.360. The van der Waals surface area contributed by atoms with E-state index in [-0.39, 0.29) is 0 Å². The lowest BCUT2D eigenvalue weighted by molar-refractivity contribution is 0.637. The van der Waals surface area contributed by atoms with E-state index >= 15 is 0 Å². The summed E-state index contributed by atoms with van der Waals surface area (Å²) in [5.41, 5.74) is 0. The van der Waals surface area contributed by atoms with E-state index in [1.807, 2.05) is 25.2 Å². The molecule has 0 radical (unpaired) electrons. The van der Waals surface area contributed by atoms with Crippen molar-refractivity contribution in [2.24, 2.45) is 0 Å². The van der Waals surface area contributed by atoms with Gasteiger partial charge in [0.2, 0.25) is 0 Å².